The molecule has 1 N–H and O–H groups in total. The Labute approximate surface area is 129 Å². The van der Waals surface area contributed by atoms with Crippen molar-refractivity contribution in [1.82, 2.24) is 5.32 Å². The minimum Gasteiger partial charge on any atom is -0.443 e. The standard InChI is InChI=1S/C14H12N2O5S/c1-15-13(17)12(11-3-2-8-22-11)21-14(18)9-4-6-10(7-5-9)16(19)20/h2-8,12H,1H3,(H,15,17). The van der Waals surface area contributed by atoms with Crippen molar-refractivity contribution < 1.29 is 19.2 Å². The molecule has 7 nitrogen and oxygen atoms in total. The zero-order valence-electron chi connectivity index (χ0n) is 11.5. The average Bonchev–Trinajstić information content (AvgIpc) is 3.05. The minimum atomic E-state index is -1.05. The van der Waals surface area contributed by atoms with Gasteiger partial charge in [-0.2, -0.15) is 0 Å². The lowest BCUT2D eigenvalue weighted by molar-refractivity contribution is -0.384. The van der Waals surface area contributed by atoms with Gasteiger partial charge in [0, 0.05) is 19.2 Å². The molecular formula is C14H12N2O5S. The molecule has 2 rings (SSSR count). The number of carbonyl (C=O) groups excluding carboxylic acids is 2. The van der Waals surface area contributed by atoms with Gasteiger partial charge in [-0.05, 0) is 23.6 Å². The van der Waals surface area contributed by atoms with E-state index < -0.39 is 22.9 Å². The fourth-order valence-corrected chi connectivity index (χ4v) is 2.46. The highest BCUT2D eigenvalue weighted by atomic mass is 32.1. The van der Waals surface area contributed by atoms with E-state index in [-0.39, 0.29) is 11.3 Å². The fraction of sp³-hybridized carbons (Fsp3) is 0.143. The summed E-state index contributed by atoms with van der Waals surface area (Å²) in [5, 5.41) is 14.8. The number of non-ortho nitro benzene ring substituents is 1. The molecule has 0 aliphatic carbocycles. The first-order valence-corrected chi connectivity index (χ1v) is 7.11. The molecule has 114 valence electrons. The summed E-state index contributed by atoms with van der Waals surface area (Å²) in [6, 6.07) is 8.42. The van der Waals surface area contributed by atoms with Crippen LogP contribution < -0.4 is 5.32 Å². The van der Waals surface area contributed by atoms with E-state index in [9.17, 15) is 19.7 Å². The Hall–Kier alpha value is -2.74. The van der Waals surface area contributed by atoms with Gasteiger partial charge < -0.3 is 10.1 Å². The molecule has 2 aromatic rings. The van der Waals surface area contributed by atoms with Crippen LogP contribution in [-0.2, 0) is 9.53 Å². The summed E-state index contributed by atoms with van der Waals surface area (Å²) in [7, 11) is 1.45. The number of hydrogen-bond donors (Lipinski definition) is 1. The molecule has 0 radical (unpaired) electrons. The second-order valence-electron chi connectivity index (χ2n) is 4.22. The second-order valence-corrected chi connectivity index (χ2v) is 5.20. The van der Waals surface area contributed by atoms with Crippen molar-refractivity contribution in [2.45, 2.75) is 6.10 Å². The van der Waals surface area contributed by atoms with E-state index in [1.165, 1.54) is 42.6 Å². The topological polar surface area (TPSA) is 98.5 Å². The number of ether oxygens (including phenoxy) is 1. The van der Waals surface area contributed by atoms with Crippen LogP contribution in [0, 0.1) is 10.1 Å². The summed E-state index contributed by atoms with van der Waals surface area (Å²) in [4.78, 5) is 34.5. The average molecular weight is 320 g/mol. The fourth-order valence-electron chi connectivity index (χ4n) is 1.71. The lowest BCUT2D eigenvalue weighted by Gasteiger charge is -2.15. The number of likely N-dealkylation sites (N-methyl/N-ethyl adjacent to an activating group) is 1. The van der Waals surface area contributed by atoms with Crippen LogP contribution in [0.25, 0.3) is 0 Å². The van der Waals surface area contributed by atoms with Crippen molar-refractivity contribution >= 4 is 28.9 Å². The van der Waals surface area contributed by atoms with Gasteiger partial charge in [-0.15, -0.1) is 11.3 Å². The molecule has 0 aliphatic rings. The van der Waals surface area contributed by atoms with Gasteiger partial charge in [-0.25, -0.2) is 4.79 Å². The zero-order chi connectivity index (χ0) is 16.1. The van der Waals surface area contributed by atoms with E-state index in [0.717, 1.165) is 0 Å². The molecule has 0 bridgehead atoms. The third-order valence-corrected chi connectivity index (χ3v) is 3.74. The number of thiophene rings is 1. The largest absolute Gasteiger partial charge is 0.443 e. The number of hydrogen-bond acceptors (Lipinski definition) is 6. The normalized spacial score (nSPS) is 11.5. The Balaban J connectivity index is 2.17. The Bertz CT molecular complexity index is 682. The number of nitrogens with zero attached hydrogens (tertiary/aromatic N) is 1. The Morgan fingerprint density at radius 2 is 1.95 bits per heavy atom. The molecule has 1 aromatic carbocycles. The summed E-state index contributed by atoms with van der Waals surface area (Å²) in [5.41, 5.74) is 0.00807. The monoisotopic (exact) mass is 320 g/mol. The minimum absolute atomic E-state index is 0.127. The number of rotatable bonds is 5. The van der Waals surface area contributed by atoms with Crippen molar-refractivity contribution in [3.8, 4) is 0 Å². The van der Waals surface area contributed by atoms with Crippen LogP contribution in [0.5, 0.6) is 0 Å². The van der Waals surface area contributed by atoms with Gasteiger partial charge >= 0.3 is 5.97 Å². The molecule has 0 saturated heterocycles. The molecule has 8 heteroatoms. The van der Waals surface area contributed by atoms with Gasteiger partial charge in [0.25, 0.3) is 11.6 Å². The smallest absolute Gasteiger partial charge is 0.339 e. The van der Waals surface area contributed by atoms with Gasteiger partial charge in [-0.3, -0.25) is 14.9 Å². The quantitative estimate of drug-likeness (QED) is 0.518. The van der Waals surface area contributed by atoms with Crippen LogP contribution in [0.4, 0.5) is 5.69 Å². The third kappa shape index (κ3) is 3.47. The number of carbonyl (C=O) groups is 2. The lowest BCUT2D eigenvalue weighted by Crippen LogP contribution is -2.28. The zero-order valence-corrected chi connectivity index (χ0v) is 12.3. The number of nitrogens with one attached hydrogen (secondary N) is 1. The second kappa shape index (κ2) is 6.81. The van der Waals surface area contributed by atoms with Crippen LogP contribution in [0.1, 0.15) is 21.3 Å². The molecule has 0 spiro atoms. The summed E-state index contributed by atoms with van der Waals surface area (Å²) in [6.45, 7) is 0. The van der Waals surface area contributed by atoms with Gasteiger partial charge in [0.1, 0.15) is 0 Å². The van der Waals surface area contributed by atoms with Gasteiger partial charge in [0.05, 0.1) is 15.4 Å². The van der Waals surface area contributed by atoms with Crippen molar-refractivity contribution in [2.24, 2.45) is 0 Å². The molecule has 22 heavy (non-hydrogen) atoms. The highest BCUT2D eigenvalue weighted by molar-refractivity contribution is 7.10. The van der Waals surface area contributed by atoms with Crippen molar-refractivity contribution in [1.29, 1.82) is 0 Å². The lowest BCUT2D eigenvalue weighted by atomic mass is 10.2. The number of nitro benzene ring substituents is 1. The van der Waals surface area contributed by atoms with Crippen LogP contribution in [0.3, 0.4) is 0 Å². The van der Waals surface area contributed by atoms with Crippen molar-refractivity contribution in [3.63, 3.8) is 0 Å². The maximum Gasteiger partial charge on any atom is 0.339 e. The first-order valence-electron chi connectivity index (χ1n) is 6.23. The maximum absolute atomic E-state index is 12.1. The molecule has 1 heterocycles. The third-order valence-electron chi connectivity index (χ3n) is 2.82. The first kappa shape index (κ1) is 15.6. The molecule has 1 aromatic heterocycles. The van der Waals surface area contributed by atoms with E-state index in [4.69, 9.17) is 4.74 Å². The van der Waals surface area contributed by atoms with Crippen LogP contribution in [0.15, 0.2) is 41.8 Å². The summed E-state index contributed by atoms with van der Waals surface area (Å²) in [5.74, 6) is -1.17. The highest BCUT2D eigenvalue weighted by Gasteiger charge is 2.25. The first-order chi connectivity index (χ1) is 10.5. The van der Waals surface area contributed by atoms with E-state index in [0.29, 0.717) is 4.88 Å². The molecule has 0 aliphatic heterocycles. The number of benzene rings is 1. The van der Waals surface area contributed by atoms with Crippen LogP contribution >= 0.6 is 11.3 Å². The van der Waals surface area contributed by atoms with Gasteiger partial charge in [-0.1, -0.05) is 6.07 Å². The summed E-state index contributed by atoms with van der Waals surface area (Å²) >= 11 is 1.29. The maximum atomic E-state index is 12.1. The molecular weight excluding hydrogens is 308 g/mol. The summed E-state index contributed by atoms with van der Waals surface area (Å²) in [6.07, 6.45) is -1.05. The van der Waals surface area contributed by atoms with Crippen LogP contribution in [-0.4, -0.2) is 23.8 Å². The molecule has 1 amide bonds. The Morgan fingerprint density at radius 1 is 1.27 bits per heavy atom. The SMILES string of the molecule is CNC(=O)C(OC(=O)c1ccc([N+](=O)[O-])cc1)c1cccs1. The van der Waals surface area contributed by atoms with Gasteiger partial charge in [0.2, 0.25) is 6.10 Å². The van der Waals surface area contributed by atoms with Crippen molar-refractivity contribution in [2.75, 3.05) is 7.05 Å². The summed E-state index contributed by atoms with van der Waals surface area (Å²) < 4.78 is 5.22. The van der Waals surface area contributed by atoms with E-state index in [2.05, 4.69) is 5.32 Å². The van der Waals surface area contributed by atoms with Crippen molar-refractivity contribution in [3.05, 3.63) is 62.3 Å². The number of nitro groups is 1. The Morgan fingerprint density at radius 3 is 2.45 bits per heavy atom. The van der Waals surface area contributed by atoms with E-state index in [1.54, 1.807) is 17.5 Å². The van der Waals surface area contributed by atoms with E-state index >= 15 is 0 Å². The predicted molar refractivity (Wildman–Crippen MR) is 79.6 cm³/mol. The predicted octanol–water partition coefficient (Wildman–Crippen LogP) is 2.30. The molecule has 0 saturated carbocycles. The van der Waals surface area contributed by atoms with Crippen LogP contribution in [0.2, 0.25) is 0 Å². The van der Waals surface area contributed by atoms with Gasteiger partial charge in [0.15, 0.2) is 0 Å². The molecule has 0 fully saturated rings. The molecule has 1 unspecified atom stereocenters. The highest BCUT2D eigenvalue weighted by Crippen LogP contribution is 2.24. The Kier molecular flexibility index (Phi) is 4.84. The number of amides is 1. The number of esters is 1. The molecule has 1 atom stereocenters. The van der Waals surface area contributed by atoms with E-state index in [1.807, 2.05) is 0 Å².